The molecular weight excluding hydrogens is 391 g/mol. The van der Waals surface area contributed by atoms with Crippen molar-refractivity contribution in [2.75, 3.05) is 6.61 Å². The average molecular weight is 407 g/mol. The number of furan rings is 1. The molecule has 0 saturated heterocycles. The van der Waals surface area contributed by atoms with E-state index in [0.717, 1.165) is 17.1 Å². The Morgan fingerprint density at radius 2 is 2.00 bits per heavy atom. The van der Waals surface area contributed by atoms with Crippen molar-refractivity contribution >= 4 is 35.0 Å². The van der Waals surface area contributed by atoms with E-state index >= 15 is 0 Å². The summed E-state index contributed by atoms with van der Waals surface area (Å²) in [7, 11) is 0. The molecule has 3 aromatic heterocycles. The summed E-state index contributed by atoms with van der Waals surface area (Å²) in [5.41, 5.74) is 2.03. The van der Waals surface area contributed by atoms with Gasteiger partial charge in [-0.05, 0) is 44.2 Å². The average Bonchev–Trinajstić information content (AvgIpc) is 3.25. The Morgan fingerprint density at radius 1 is 1.22 bits per heavy atom. The Labute approximate surface area is 165 Å². The first-order valence-electron chi connectivity index (χ1n) is 8.08. The summed E-state index contributed by atoms with van der Waals surface area (Å²) in [5.74, 6) is -0.343. The number of aryl methyl sites for hydroxylation is 1. The maximum atomic E-state index is 12.5. The lowest BCUT2D eigenvalue weighted by Crippen LogP contribution is -2.16. The van der Waals surface area contributed by atoms with E-state index in [2.05, 4.69) is 4.98 Å². The number of rotatable bonds is 6. The minimum atomic E-state index is -0.805. The van der Waals surface area contributed by atoms with E-state index in [1.54, 1.807) is 12.3 Å². The van der Waals surface area contributed by atoms with Gasteiger partial charge in [-0.15, -0.1) is 0 Å². The monoisotopic (exact) mass is 406 g/mol. The minimum absolute atomic E-state index is 0.105. The molecule has 0 atom stereocenters. The van der Waals surface area contributed by atoms with E-state index in [1.807, 2.05) is 30.5 Å². The standard InChI is InChI=1S/C19H16Cl2N2O4/c1-11-8-14(12(2)23(11)9-13-4-3-7-26-13)16(24)10-27-19(25)18-15(20)5-6-17(21)22-18/h3-8H,9-10H2,1-2H3. The molecule has 3 heterocycles. The van der Waals surface area contributed by atoms with Crippen molar-refractivity contribution < 1.29 is 18.7 Å². The molecule has 0 aliphatic heterocycles. The van der Waals surface area contributed by atoms with Gasteiger partial charge in [-0.3, -0.25) is 4.79 Å². The van der Waals surface area contributed by atoms with Crippen molar-refractivity contribution in [2.24, 2.45) is 0 Å². The molecule has 27 heavy (non-hydrogen) atoms. The van der Waals surface area contributed by atoms with Gasteiger partial charge in [0.15, 0.2) is 12.3 Å². The van der Waals surface area contributed by atoms with Crippen LogP contribution in [0.5, 0.6) is 0 Å². The lowest BCUT2D eigenvalue weighted by molar-refractivity contribution is 0.0469. The molecule has 8 heteroatoms. The summed E-state index contributed by atoms with van der Waals surface area (Å²) in [5, 5.41) is 0.215. The quantitative estimate of drug-likeness (QED) is 0.342. The smallest absolute Gasteiger partial charge is 0.359 e. The lowest BCUT2D eigenvalue weighted by atomic mass is 10.1. The highest BCUT2D eigenvalue weighted by molar-refractivity contribution is 6.34. The first kappa shape index (κ1) is 19.2. The number of carbonyl (C=O) groups excluding carboxylic acids is 2. The first-order chi connectivity index (χ1) is 12.9. The third-order valence-corrected chi connectivity index (χ3v) is 4.62. The molecule has 0 radical (unpaired) electrons. The number of esters is 1. The molecule has 6 nitrogen and oxygen atoms in total. The normalized spacial score (nSPS) is 10.8. The highest BCUT2D eigenvalue weighted by Crippen LogP contribution is 2.20. The number of ether oxygens (including phenoxy) is 1. The van der Waals surface area contributed by atoms with Crippen LogP contribution in [-0.2, 0) is 11.3 Å². The maximum absolute atomic E-state index is 12.5. The van der Waals surface area contributed by atoms with Crippen LogP contribution in [0.3, 0.4) is 0 Å². The van der Waals surface area contributed by atoms with E-state index in [1.165, 1.54) is 12.1 Å². The molecule has 0 bridgehead atoms. The number of pyridine rings is 1. The van der Waals surface area contributed by atoms with Crippen LogP contribution in [-0.4, -0.2) is 27.9 Å². The molecule has 3 rings (SSSR count). The van der Waals surface area contributed by atoms with Crippen molar-refractivity contribution in [1.29, 1.82) is 0 Å². The van der Waals surface area contributed by atoms with Crippen LogP contribution in [0.1, 0.15) is 38.0 Å². The van der Waals surface area contributed by atoms with Crippen LogP contribution in [0.25, 0.3) is 0 Å². The zero-order valence-corrected chi connectivity index (χ0v) is 16.2. The van der Waals surface area contributed by atoms with E-state index < -0.39 is 12.6 Å². The van der Waals surface area contributed by atoms with Gasteiger partial charge in [0.1, 0.15) is 10.9 Å². The summed E-state index contributed by atoms with van der Waals surface area (Å²) in [6, 6.07) is 8.34. The Kier molecular flexibility index (Phi) is 5.68. The second-order valence-electron chi connectivity index (χ2n) is 5.91. The topological polar surface area (TPSA) is 74.3 Å². The summed E-state index contributed by atoms with van der Waals surface area (Å²) in [6.07, 6.45) is 1.60. The number of ketones is 1. The molecule has 0 fully saturated rings. The molecule has 0 N–H and O–H groups in total. The Bertz CT molecular complexity index is 994. The number of Topliss-reactive ketones (excluding diaryl/α,β-unsaturated/α-hetero) is 1. The number of carbonyl (C=O) groups is 2. The van der Waals surface area contributed by atoms with Crippen molar-refractivity contribution in [3.05, 3.63) is 75.2 Å². The van der Waals surface area contributed by atoms with Gasteiger partial charge in [-0.2, -0.15) is 0 Å². The van der Waals surface area contributed by atoms with Crippen LogP contribution in [0.4, 0.5) is 0 Å². The minimum Gasteiger partial charge on any atom is -0.467 e. The summed E-state index contributed by atoms with van der Waals surface area (Å²) >= 11 is 11.7. The van der Waals surface area contributed by atoms with Crippen molar-refractivity contribution in [3.63, 3.8) is 0 Å². The highest BCUT2D eigenvalue weighted by Gasteiger charge is 2.20. The fraction of sp³-hybridized carbons (Fsp3) is 0.211. The number of hydrogen-bond acceptors (Lipinski definition) is 5. The molecule has 0 saturated carbocycles. The second-order valence-corrected chi connectivity index (χ2v) is 6.71. The first-order valence-corrected chi connectivity index (χ1v) is 8.84. The van der Waals surface area contributed by atoms with Crippen LogP contribution in [0.15, 0.2) is 41.0 Å². The Hall–Kier alpha value is -2.57. The fourth-order valence-electron chi connectivity index (χ4n) is 2.72. The maximum Gasteiger partial charge on any atom is 0.359 e. The van der Waals surface area contributed by atoms with Gasteiger partial charge in [0, 0.05) is 17.0 Å². The van der Waals surface area contributed by atoms with Crippen LogP contribution in [0, 0.1) is 13.8 Å². The SMILES string of the molecule is Cc1cc(C(=O)COC(=O)c2nc(Cl)ccc2Cl)c(C)n1Cc1ccco1. The molecule has 0 aromatic carbocycles. The number of halogens is 2. The Morgan fingerprint density at radius 3 is 2.70 bits per heavy atom. The second kappa shape index (κ2) is 7.98. The van der Waals surface area contributed by atoms with Gasteiger partial charge in [0.25, 0.3) is 0 Å². The van der Waals surface area contributed by atoms with E-state index in [-0.39, 0.29) is 21.7 Å². The zero-order valence-electron chi connectivity index (χ0n) is 14.7. The largest absolute Gasteiger partial charge is 0.467 e. The van der Waals surface area contributed by atoms with E-state index in [4.69, 9.17) is 32.4 Å². The van der Waals surface area contributed by atoms with Gasteiger partial charge < -0.3 is 13.7 Å². The van der Waals surface area contributed by atoms with Gasteiger partial charge >= 0.3 is 5.97 Å². The fourth-order valence-corrected chi connectivity index (χ4v) is 3.05. The lowest BCUT2D eigenvalue weighted by Gasteiger charge is -2.08. The van der Waals surface area contributed by atoms with Crippen LogP contribution in [0.2, 0.25) is 10.2 Å². The summed E-state index contributed by atoms with van der Waals surface area (Å²) < 4.78 is 12.4. The number of aromatic nitrogens is 2. The Balaban J connectivity index is 1.71. The molecule has 0 aliphatic rings. The highest BCUT2D eigenvalue weighted by atomic mass is 35.5. The van der Waals surface area contributed by atoms with E-state index in [9.17, 15) is 9.59 Å². The third-order valence-electron chi connectivity index (χ3n) is 4.11. The van der Waals surface area contributed by atoms with E-state index in [0.29, 0.717) is 12.1 Å². The van der Waals surface area contributed by atoms with Gasteiger partial charge in [0.05, 0.1) is 17.8 Å². The molecule has 0 amide bonds. The third kappa shape index (κ3) is 4.23. The summed E-state index contributed by atoms with van der Waals surface area (Å²) in [6.45, 7) is 3.82. The van der Waals surface area contributed by atoms with Crippen molar-refractivity contribution in [3.8, 4) is 0 Å². The van der Waals surface area contributed by atoms with Gasteiger partial charge in [-0.1, -0.05) is 23.2 Å². The molecule has 0 spiro atoms. The molecular formula is C19H16Cl2N2O4. The van der Waals surface area contributed by atoms with Gasteiger partial charge in [-0.25, -0.2) is 9.78 Å². The molecule has 3 aromatic rings. The van der Waals surface area contributed by atoms with Crippen LogP contribution >= 0.6 is 23.2 Å². The van der Waals surface area contributed by atoms with Crippen molar-refractivity contribution in [2.45, 2.75) is 20.4 Å². The zero-order chi connectivity index (χ0) is 19.6. The molecule has 140 valence electrons. The summed E-state index contributed by atoms with van der Waals surface area (Å²) in [4.78, 5) is 28.5. The van der Waals surface area contributed by atoms with Gasteiger partial charge in [0.2, 0.25) is 5.78 Å². The van der Waals surface area contributed by atoms with Crippen molar-refractivity contribution in [1.82, 2.24) is 9.55 Å². The molecule has 0 unspecified atom stereocenters. The number of nitrogens with zero attached hydrogens (tertiary/aromatic N) is 2. The predicted molar refractivity (Wildman–Crippen MR) is 101 cm³/mol. The molecule has 0 aliphatic carbocycles. The predicted octanol–water partition coefficient (Wildman–Crippen LogP) is 4.49. The number of hydrogen-bond donors (Lipinski definition) is 0. The van der Waals surface area contributed by atoms with Crippen LogP contribution < -0.4 is 0 Å².